The van der Waals surface area contributed by atoms with Crippen LogP contribution in [0.15, 0.2) is 18.2 Å². The molecule has 0 radical (unpaired) electrons. The first-order valence-corrected chi connectivity index (χ1v) is 5.92. The van der Waals surface area contributed by atoms with Crippen LogP contribution in [0.5, 0.6) is 5.75 Å². The number of hydrogen-bond acceptors (Lipinski definition) is 5. The number of nitrogens with two attached hydrogens (primary N) is 1. The van der Waals surface area contributed by atoms with Crippen molar-refractivity contribution in [2.45, 2.75) is 26.2 Å². The first-order valence-electron chi connectivity index (χ1n) is 5.92. The third-order valence-corrected chi connectivity index (χ3v) is 2.53. The minimum absolute atomic E-state index is 0.0419. The van der Waals surface area contributed by atoms with Crippen molar-refractivity contribution in [3.8, 4) is 5.75 Å². The molecule has 1 amide bonds. The molecule has 0 heterocycles. The normalized spacial score (nSPS) is 10.0. The van der Waals surface area contributed by atoms with Crippen molar-refractivity contribution < 1.29 is 14.5 Å². The molecular weight excluding hydrogens is 250 g/mol. The third-order valence-electron chi connectivity index (χ3n) is 2.53. The molecule has 0 bridgehead atoms. The molecule has 0 aliphatic carbocycles. The summed E-state index contributed by atoms with van der Waals surface area (Å²) in [6, 6.07) is 4.81. The minimum atomic E-state index is -0.468. The molecule has 0 saturated carbocycles. The monoisotopic (exact) mass is 267 g/mol. The fraction of sp³-hybridized carbons (Fsp3) is 0.417. The highest BCUT2D eigenvalue weighted by molar-refractivity contribution is 5.75. The average molecular weight is 267 g/mol. The highest BCUT2D eigenvalue weighted by atomic mass is 16.6. The van der Waals surface area contributed by atoms with E-state index in [2.05, 4.69) is 0 Å². The predicted molar refractivity (Wildman–Crippen MR) is 69.5 cm³/mol. The molecule has 0 aliphatic heterocycles. The van der Waals surface area contributed by atoms with E-state index in [1.54, 1.807) is 19.1 Å². The number of benzene rings is 1. The maximum atomic E-state index is 10.9. The summed E-state index contributed by atoms with van der Waals surface area (Å²) in [5.41, 5.74) is 2.80. The second kappa shape index (κ2) is 7.32. The fourth-order valence-corrected chi connectivity index (χ4v) is 1.53. The van der Waals surface area contributed by atoms with E-state index in [0.717, 1.165) is 5.56 Å². The molecule has 0 fully saturated rings. The molecule has 19 heavy (non-hydrogen) atoms. The highest BCUT2D eigenvalue weighted by Crippen LogP contribution is 2.27. The largest absolute Gasteiger partial charge is 0.487 e. The molecule has 104 valence electrons. The first kappa shape index (κ1) is 14.9. The molecular formula is C12H17N3O4. The van der Waals surface area contributed by atoms with Gasteiger partial charge < -0.3 is 4.74 Å². The van der Waals surface area contributed by atoms with Crippen LogP contribution in [0.2, 0.25) is 0 Å². The number of hydrazine groups is 1. The zero-order chi connectivity index (χ0) is 14.3. The van der Waals surface area contributed by atoms with Crippen LogP contribution in [0.25, 0.3) is 0 Å². The minimum Gasteiger partial charge on any atom is -0.487 e. The average Bonchev–Trinajstić information content (AvgIpc) is 2.39. The predicted octanol–water partition coefficient (Wildman–Crippen LogP) is 1.44. The van der Waals surface area contributed by atoms with E-state index in [4.69, 9.17) is 10.6 Å². The van der Waals surface area contributed by atoms with Crippen LogP contribution in [-0.2, 0) is 4.79 Å². The number of unbranched alkanes of at least 4 members (excludes halogenated alkanes) is 1. The zero-order valence-corrected chi connectivity index (χ0v) is 10.7. The smallest absolute Gasteiger partial charge is 0.311 e. The van der Waals surface area contributed by atoms with Gasteiger partial charge in [0.05, 0.1) is 11.5 Å². The lowest BCUT2D eigenvalue weighted by Gasteiger charge is -2.07. The molecule has 0 saturated heterocycles. The molecule has 7 heteroatoms. The van der Waals surface area contributed by atoms with Crippen molar-refractivity contribution in [3.05, 3.63) is 33.9 Å². The summed E-state index contributed by atoms with van der Waals surface area (Å²) in [5, 5.41) is 10.8. The van der Waals surface area contributed by atoms with Crippen molar-refractivity contribution in [1.29, 1.82) is 0 Å². The van der Waals surface area contributed by atoms with E-state index in [0.29, 0.717) is 25.9 Å². The number of nitro groups is 1. The second-order valence-electron chi connectivity index (χ2n) is 4.10. The van der Waals surface area contributed by atoms with Crippen LogP contribution in [0.1, 0.15) is 24.8 Å². The number of carbonyl (C=O) groups excluding carboxylic acids is 1. The van der Waals surface area contributed by atoms with E-state index in [1.807, 2.05) is 5.43 Å². The Hall–Kier alpha value is -2.15. The van der Waals surface area contributed by atoms with Gasteiger partial charge in [0.25, 0.3) is 0 Å². The summed E-state index contributed by atoms with van der Waals surface area (Å²) in [4.78, 5) is 21.2. The second-order valence-corrected chi connectivity index (χ2v) is 4.10. The number of ether oxygens (including phenoxy) is 1. The Balaban J connectivity index is 2.45. The van der Waals surface area contributed by atoms with Crippen LogP contribution in [0.3, 0.4) is 0 Å². The van der Waals surface area contributed by atoms with Gasteiger partial charge >= 0.3 is 5.69 Å². The fourth-order valence-electron chi connectivity index (χ4n) is 1.53. The zero-order valence-electron chi connectivity index (χ0n) is 10.7. The Bertz CT molecular complexity index is 462. The van der Waals surface area contributed by atoms with Gasteiger partial charge in [0.15, 0.2) is 5.75 Å². The molecule has 3 N–H and O–H groups in total. The van der Waals surface area contributed by atoms with Gasteiger partial charge in [-0.05, 0) is 31.4 Å². The van der Waals surface area contributed by atoms with E-state index in [1.165, 1.54) is 6.07 Å². The van der Waals surface area contributed by atoms with Crippen molar-refractivity contribution in [2.75, 3.05) is 6.61 Å². The van der Waals surface area contributed by atoms with E-state index in [9.17, 15) is 14.9 Å². The van der Waals surface area contributed by atoms with E-state index < -0.39 is 4.92 Å². The molecule has 0 aliphatic rings. The van der Waals surface area contributed by atoms with Gasteiger partial charge in [0.2, 0.25) is 5.91 Å². The Morgan fingerprint density at radius 2 is 2.21 bits per heavy atom. The molecule has 0 unspecified atom stereocenters. The molecule has 0 spiro atoms. The molecule has 1 aromatic rings. The van der Waals surface area contributed by atoms with Gasteiger partial charge in [0.1, 0.15) is 0 Å². The van der Waals surface area contributed by atoms with Gasteiger partial charge in [-0.25, -0.2) is 5.84 Å². The van der Waals surface area contributed by atoms with Gasteiger partial charge in [0, 0.05) is 12.5 Å². The quantitative estimate of drug-likeness (QED) is 0.255. The summed E-state index contributed by atoms with van der Waals surface area (Å²) < 4.78 is 5.36. The molecule has 0 aromatic heterocycles. The number of aryl methyl sites for hydroxylation is 1. The van der Waals surface area contributed by atoms with Gasteiger partial charge in [-0.15, -0.1) is 0 Å². The van der Waals surface area contributed by atoms with E-state index in [-0.39, 0.29) is 17.3 Å². The van der Waals surface area contributed by atoms with Gasteiger partial charge in [-0.2, -0.15) is 0 Å². The Labute approximate surface area is 110 Å². The van der Waals surface area contributed by atoms with E-state index >= 15 is 0 Å². The number of carbonyl (C=O) groups is 1. The maximum Gasteiger partial charge on any atom is 0.311 e. The maximum absolute atomic E-state index is 10.9. The molecule has 1 rings (SSSR count). The first-order chi connectivity index (χ1) is 9.04. The standard InChI is InChI=1S/C12H17N3O4/c1-9-5-6-11(10(8-9)15(17)18)19-7-3-2-4-12(16)14-13/h5-6,8H,2-4,7,13H2,1H3,(H,14,16). The Kier molecular flexibility index (Phi) is 5.74. The SMILES string of the molecule is Cc1ccc(OCCCCC(=O)NN)c([N+](=O)[O-])c1. The number of nitrogens with one attached hydrogen (secondary N) is 1. The third kappa shape index (κ3) is 4.92. The lowest BCUT2D eigenvalue weighted by molar-refractivity contribution is -0.385. The number of rotatable bonds is 7. The van der Waals surface area contributed by atoms with Crippen molar-refractivity contribution in [2.24, 2.45) is 5.84 Å². The summed E-state index contributed by atoms with van der Waals surface area (Å²) in [6.45, 7) is 2.10. The van der Waals surface area contributed by atoms with Crippen molar-refractivity contribution in [3.63, 3.8) is 0 Å². The highest BCUT2D eigenvalue weighted by Gasteiger charge is 2.14. The van der Waals surface area contributed by atoms with Crippen molar-refractivity contribution >= 4 is 11.6 Å². The molecule has 0 atom stereocenters. The number of nitrogens with zero attached hydrogens (tertiary/aromatic N) is 1. The molecule has 1 aromatic carbocycles. The van der Waals surface area contributed by atoms with Crippen LogP contribution < -0.4 is 16.0 Å². The van der Waals surface area contributed by atoms with Crippen LogP contribution in [0, 0.1) is 17.0 Å². The number of amides is 1. The van der Waals surface area contributed by atoms with Crippen LogP contribution in [-0.4, -0.2) is 17.4 Å². The van der Waals surface area contributed by atoms with Gasteiger partial charge in [-0.3, -0.25) is 20.3 Å². The van der Waals surface area contributed by atoms with Crippen LogP contribution in [0.4, 0.5) is 5.69 Å². The lowest BCUT2D eigenvalue weighted by Crippen LogP contribution is -2.29. The summed E-state index contributed by atoms with van der Waals surface area (Å²) in [5.74, 6) is 4.95. The Morgan fingerprint density at radius 1 is 1.47 bits per heavy atom. The summed E-state index contributed by atoms with van der Waals surface area (Å²) in [6.07, 6.45) is 1.55. The topological polar surface area (TPSA) is 107 Å². The number of hydrogen-bond donors (Lipinski definition) is 2. The molecule has 7 nitrogen and oxygen atoms in total. The summed E-state index contributed by atoms with van der Waals surface area (Å²) >= 11 is 0. The Morgan fingerprint density at radius 3 is 2.84 bits per heavy atom. The van der Waals surface area contributed by atoms with Crippen LogP contribution >= 0.6 is 0 Å². The van der Waals surface area contributed by atoms with Gasteiger partial charge in [-0.1, -0.05) is 6.07 Å². The summed E-state index contributed by atoms with van der Waals surface area (Å²) in [7, 11) is 0. The lowest BCUT2D eigenvalue weighted by atomic mass is 10.2. The van der Waals surface area contributed by atoms with Crippen molar-refractivity contribution in [1.82, 2.24) is 5.43 Å². The number of nitro benzene ring substituents is 1.